The molecule has 0 spiro atoms. The highest BCUT2D eigenvalue weighted by atomic mass is 16.5. The smallest absolute Gasteiger partial charge is 0.319 e. The van der Waals surface area contributed by atoms with Gasteiger partial charge in [0.15, 0.2) is 0 Å². The maximum absolute atomic E-state index is 11.3. The number of aromatic nitrogens is 4. The van der Waals surface area contributed by atoms with Gasteiger partial charge < -0.3 is 10.1 Å². The number of carbonyl (C=O) groups is 1. The Morgan fingerprint density at radius 2 is 2.35 bits per heavy atom. The van der Waals surface area contributed by atoms with Crippen LogP contribution < -0.4 is 5.32 Å². The van der Waals surface area contributed by atoms with Crippen LogP contribution in [0.4, 0.5) is 0 Å². The van der Waals surface area contributed by atoms with E-state index in [0.717, 1.165) is 11.3 Å². The Morgan fingerprint density at radius 3 is 3.05 bits per heavy atom. The molecule has 0 saturated carbocycles. The highest BCUT2D eigenvalue weighted by molar-refractivity contribution is 5.71. The van der Waals surface area contributed by atoms with Gasteiger partial charge in [-0.05, 0) is 42.0 Å². The van der Waals surface area contributed by atoms with Crippen LogP contribution in [0.5, 0.6) is 0 Å². The van der Waals surface area contributed by atoms with Crippen LogP contribution in [0, 0.1) is 0 Å². The molecule has 1 unspecified atom stereocenters. The minimum absolute atomic E-state index is 0.0239. The second-order valence-electron chi connectivity index (χ2n) is 4.26. The van der Waals surface area contributed by atoms with Crippen LogP contribution in [-0.4, -0.2) is 39.3 Å². The number of tetrazole rings is 1. The van der Waals surface area contributed by atoms with Crippen LogP contribution in [-0.2, 0) is 9.53 Å². The molecular formula is C13H17N5O2. The van der Waals surface area contributed by atoms with E-state index in [2.05, 4.69) is 20.8 Å². The van der Waals surface area contributed by atoms with Crippen LogP contribution in [0.1, 0.15) is 25.5 Å². The minimum Gasteiger partial charge on any atom is -0.465 e. The fourth-order valence-electron chi connectivity index (χ4n) is 1.78. The summed E-state index contributed by atoms with van der Waals surface area (Å²) in [5.74, 6) is -0.254. The Morgan fingerprint density at radius 1 is 1.50 bits per heavy atom. The van der Waals surface area contributed by atoms with Crippen molar-refractivity contribution in [1.29, 1.82) is 0 Å². The van der Waals surface area contributed by atoms with Gasteiger partial charge in [-0.3, -0.25) is 4.79 Å². The number of ether oxygens (including phenoxy) is 1. The van der Waals surface area contributed by atoms with Crippen LogP contribution >= 0.6 is 0 Å². The fourth-order valence-corrected chi connectivity index (χ4v) is 1.78. The lowest BCUT2D eigenvalue weighted by atomic mass is 10.1. The number of nitrogens with zero attached hydrogens (tertiary/aromatic N) is 4. The molecule has 0 fully saturated rings. The van der Waals surface area contributed by atoms with E-state index in [1.54, 1.807) is 11.6 Å². The van der Waals surface area contributed by atoms with E-state index < -0.39 is 0 Å². The van der Waals surface area contributed by atoms with Crippen LogP contribution in [0.15, 0.2) is 30.6 Å². The van der Waals surface area contributed by atoms with Crippen molar-refractivity contribution in [2.24, 2.45) is 0 Å². The molecular weight excluding hydrogens is 258 g/mol. The molecule has 0 aliphatic carbocycles. The fraction of sp³-hybridized carbons (Fsp3) is 0.385. The molecule has 1 N–H and O–H groups in total. The quantitative estimate of drug-likeness (QED) is 0.788. The topological polar surface area (TPSA) is 81.9 Å². The summed E-state index contributed by atoms with van der Waals surface area (Å²) in [7, 11) is 0. The van der Waals surface area contributed by atoms with Gasteiger partial charge in [0.05, 0.1) is 18.8 Å². The summed E-state index contributed by atoms with van der Waals surface area (Å²) in [4.78, 5) is 11.3. The molecule has 1 aromatic heterocycles. The normalized spacial score (nSPS) is 12.1. The standard InChI is InChI=1S/C13H17N5O2/c1-3-20-13(19)8-14-10(2)11-5-4-6-12(7-11)18-9-15-16-17-18/h4-7,9-10,14H,3,8H2,1-2H3. The lowest BCUT2D eigenvalue weighted by Crippen LogP contribution is -2.27. The summed E-state index contributed by atoms with van der Waals surface area (Å²) in [6.07, 6.45) is 1.54. The van der Waals surface area contributed by atoms with Crippen molar-refractivity contribution in [2.75, 3.05) is 13.2 Å². The molecule has 0 amide bonds. The van der Waals surface area contributed by atoms with E-state index in [9.17, 15) is 4.79 Å². The molecule has 0 aliphatic heterocycles. The van der Waals surface area contributed by atoms with Crippen molar-refractivity contribution in [3.63, 3.8) is 0 Å². The van der Waals surface area contributed by atoms with Crippen molar-refractivity contribution in [2.45, 2.75) is 19.9 Å². The molecule has 7 nitrogen and oxygen atoms in total. The van der Waals surface area contributed by atoms with E-state index >= 15 is 0 Å². The van der Waals surface area contributed by atoms with Gasteiger partial charge in [0.1, 0.15) is 6.33 Å². The first-order valence-corrected chi connectivity index (χ1v) is 6.43. The minimum atomic E-state index is -0.254. The Kier molecular flexibility index (Phi) is 4.78. The molecule has 1 atom stereocenters. The monoisotopic (exact) mass is 275 g/mol. The van der Waals surface area contributed by atoms with Crippen molar-refractivity contribution < 1.29 is 9.53 Å². The first-order valence-electron chi connectivity index (χ1n) is 6.43. The average Bonchev–Trinajstić information content (AvgIpc) is 2.99. The molecule has 1 heterocycles. The van der Waals surface area contributed by atoms with Gasteiger partial charge in [-0.25, -0.2) is 4.68 Å². The van der Waals surface area contributed by atoms with Crippen molar-refractivity contribution in [1.82, 2.24) is 25.5 Å². The Bertz CT molecular complexity index is 556. The number of rotatable bonds is 6. The van der Waals surface area contributed by atoms with E-state index in [-0.39, 0.29) is 18.6 Å². The van der Waals surface area contributed by atoms with E-state index in [4.69, 9.17) is 4.74 Å². The van der Waals surface area contributed by atoms with Gasteiger partial charge in [-0.2, -0.15) is 0 Å². The highest BCUT2D eigenvalue weighted by Crippen LogP contribution is 2.15. The number of hydrogen-bond acceptors (Lipinski definition) is 6. The summed E-state index contributed by atoms with van der Waals surface area (Å²) in [5, 5.41) is 14.2. The van der Waals surface area contributed by atoms with Gasteiger partial charge in [0.25, 0.3) is 0 Å². The van der Waals surface area contributed by atoms with Crippen molar-refractivity contribution in [3.8, 4) is 5.69 Å². The third-order valence-electron chi connectivity index (χ3n) is 2.84. The lowest BCUT2D eigenvalue weighted by Gasteiger charge is -2.14. The van der Waals surface area contributed by atoms with Crippen molar-refractivity contribution in [3.05, 3.63) is 36.2 Å². The van der Waals surface area contributed by atoms with Gasteiger partial charge in [0, 0.05) is 6.04 Å². The molecule has 2 aromatic rings. The molecule has 0 bridgehead atoms. The van der Waals surface area contributed by atoms with Crippen LogP contribution in [0.2, 0.25) is 0 Å². The van der Waals surface area contributed by atoms with Gasteiger partial charge in [-0.1, -0.05) is 12.1 Å². The molecule has 106 valence electrons. The summed E-state index contributed by atoms with van der Waals surface area (Å²) in [6.45, 7) is 4.35. The molecule has 20 heavy (non-hydrogen) atoms. The maximum Gasteiger partial charge on any atom is 0.319 e. The van der Waals surface area contributed by atoms with Gasteiger partial charge in [0.2, 0.25) is 0 Å². The van der Waals surface area contributed by atoms with Crippen LogP contribution in [0.25, 0.3) is 5.69 Å². The number of hydrogen-bond donors (Lipinski definition) is 1. The Balaban J connectivity index is 2.01. The lowest BCUT2D eigenvalue weighted by molar-refractivity contribution is -0.142. The number of nitrogens with one attached hydrogen (secondary N) is 1. The van der Waals surface area contributed by atoms with E-state index in [1.165, 1.54) is 6.33 Å². The summed E-state index contributed by atoms with van der Waals surface area (Å²) in [6, 6.07) is 7.82. The molecule has 0 aliphatic rings. The maximum atomic E-state index is 11.3. The molecule has 1 aromatic carbocycles. The number of carbonyl (C=O) groups excluding carboxylic acids is 1. The third kappa shape index (κ3) is 3.61. The second kappa shape index (κ2) is 6.76. The Hall–Kier alpha value is -2.28. The SMILES string of the molecule is CCOC(=O)CNC(C)c1cccc(-n2cnnn2)c1. The summed E-state index contributed by atoms with van der Waals surface area (Å²) < 4.78 is 6.46. The molecule has 2 rings (SSSR count). The predicted octanol–water partition coefficient (Wildman–Crippen LogP) is 0.876. The van der Waals surface area contributed by atoms with Gasteiger partial charge in [-0.15, -0.1) is 5.10 Å². The highest BCUT2D eigenvalue weighted by Gasteiger charge is 2.09. The van der Waals surface area contributed by atoms with Crippen molar-refractivity contribution >= 4 is 5.97 Å². The molecule has 0 radical (unpaired) electrons. The second-order valence-corrected chi connectivity index (χ2v) is 4.26. The molecule has 7 heteroatoms. The first kappa shape index (κ1) is 14.1. The number of benzene rings is 1. The largest absolute Gasteiger partial charge is 0.465 e. The summed E-state index contributed by atoms with van der Waals surface area (Å²) in [5.41, 5.74) is 1.92. The third-order valence-corrected chi connectivity index (χ3v) is 2.84. The van der Waals surface area contributed by atoms with Gasteiger partial charge >= 0.3 is 5.97 Å². The zero-order valence-corrected chi connectivity index (χ0v) is 11.5. The Labute approximate surface area is 116 Å². The predicted molar refractivity (Wildman–Crippen MR) is 72.2 cm³/mol. The van der Waals surface area contributed by atoms with E-state index in [0.29, 0.717) is 6.61 Å². The average molecular weight is 275 g/mol. The zero-order valence-electron chi connectivity index (χ0n) is 11.5. The van der Waals surface area contributed by atoms with E-state index in [1.807, 2.05) is 31.2 Å². The number of esters is 1. The molecule has 0 saturated heterocycles. The zero-order chi connectivity index (χ0) is 14.4. The summed E-state index contributed by atoms with van der Waals surface area (Å²) >= 11 is 0. The van der Waals surface area contributed by atoms with Crippen LogP contribution in [0.3, 0.4) is 0 Å². The first-order chi connectivity index (χ1) is 9.70.